The number of ether oxygens (including phenoxy) is 2. The van der Waals surface area contributed by atoms with E-state index in [-0.39, 0.29) is 17.2 Å². The number of aromatic nitrogens is 1. The number of anilines is 1. The summed E-state index contributed by atoms with van der Waals surface area (Å²) in [5.74, 6) is 1.77. The molecule has 6 heteroatoms. The minimum absolute atomic E-state index is 0.206. The molecule has 6 nitrogen and oxygen atoms in total. The van der Waals surface area contributed by atoms with Crippen LogP contribution in [0, 0.1) is 5.41 Å². The minimum Gasteiger partial charge on any atom is -0.493 e. The number of nitrogens with zero attached hydrogens (tertiary/aromatic N) is 2. The standard InChI is InChI=1S/C21H29N3O3/c1-21(2,3)20(25)24-8-6-13(7-9-24)19-15(22)10-14-11-17(26-4)18(27-5)12-16(14)23-19/h10-13H,6-9,22H2,1-5H3. The summed E-state index contributed by atoms with van der Waals surface area (Å²) < 4.78 is 10.8. The van der Waals surface area contributed by atoms with Gasteiger partial charge in [-0.3, -0.25) is 9.78 Å². The first-order chi connectivity index (χ1) is 12.7. The first kappa shape index (κ1) is 19.3. The van der Waals surface area contributed by atoms with Gasteiger partial charge in [-0.1, -0.05) is 20.8 Å². The van der Waals surface area contributed by atoms with Crippen LogP contribution in [0.5, 0.6) is 11.5 Å². The number of nitrogen functional groups attached to an aromatic ring is 1. The predicted octanol–water partition coefficient (Wildman–Crippen LogP) is 3.59. The van der Waals surface area contributed by atoms with Gasteiger partial charge in [0.1, 0.15) is 0 Å². The number of nitrogens with two attached hydrogens (primary N) is 1. The highest BCUT2D eigenvalue weighted by Gasteiger charge is 2.31. The van der Waals surface area contributed by atoms with Gasteiger partial charge in [-0.15, -0.1) is 0 Å². The van der Waals surface area contributed by atoms with Gasteiger partial charge in [-0.25, -0.2) is 0 Å². The van der Waals surface area contributed by atoms with Crippen molar-refractivity contribution in [2.75, 3.05) is 33.0 Å². The van der Waals surface area contributed by atoms with Crippen molar-refractivity contribution in [3.05, 3.63) is 23.9 Å². The molecule has 1 amide bonds. The van der Waals surface area contributed by atoms with Crippen molar-refractivity contribution in [2.45, 2.75) is 39.5 Å². The second kappa shape index (κ2) is 7.25. The zero-order valence-corrected chi connectivity index (χ0v) is 16.8. The third-order valence-electron chi connectivity index (χ3n) is 5.19. The summed E-state index contributed by atoms with van der Waals surface area (Å²) >= 11 is 0. The lowest BCUT2D eigenvalue weighted by atomic mass is 9.88. The molecule has 1 fully saturated rings. The van der Waals surface area contributed by atoms with E-state index in [1.807, 2.05) is 43.9 Å². The van der Waals surface area contributed by atoms with E-state index in [2.05, 4.69) is 0 Å². The number of benzene rings is 1. The first-order valence-corrected chi connectivity index (χ1v) is 9.36. The largest absolute Gasteiger partial charge is 0.493 e. The predicted molar refractivity (Wildman–Crippen MR) is 107 cm³/mol. The van der Waals surface area contributed by atoms with Crippen molar-refractivity contribution < 1.29 is 14.3 Å². The van der Waals surface area contributed by atoms with Crippen LogP contribution in [0.2, 0.25) is 0 Å². The van der Waals surface area contributed by atoms with E-state index in [9.17, 15) is 4.79 Å². The Hall–Kier alpha value is -2.50. The number of carbonyl (C=O) groups is 1. The number of hydrogen-bond acceptors (Lipinski definition) is 5. The summed E-state index contributed by atoms with van der Waals surface area (Å²) in [4.78, 5) is 19.3. The number of pyridine rings is 1. The number of piperidine rings is 1. The van der Waals surface area contributed by atoms with E-state index in [0.29, 0.717) is 17.2 Å². The van der Waals surface area contributed by atoms with Crippen LogP contribution in [-0.4, -0.2) is 43.1 Å². The van der Waals surface area contributed by atoms with Crippen LogP contribution in [0.4, 0.5) is 5.69 Å². The fourth-order valence-corrected chi connectivity index (χ4v) is 3.69. The molecule has 0 spiro atoms. The normalized spacial score (nSPS) is 15.8. The van der Waals surface area contributed by atoms with Crippen molar-refractivity contribution in [1.29, 1.82) is 0 Å². The molecule has 1 aliphatic rings. The smallest absolute Gasteiger partial charge is 0.227 e. The summed E-state index contributed by atoms with van der Waals surface area (Å²) in [5, 5.41) is 0.925. The summed E-state index contributed by atoms with van der Waals surface area (Å²) in [6, 6.07) is 5.73. The first-order valence-electron chi connectivity index (χ1n) is 9.36. The molecule has 0 unspecified atom stereocenters. The Labute approximate surface area is 160 Å². The lowest BCUT2D eigenvalue weighted by molar-refractivity contribution is -0.140. The lowest BCUT2D eigenvalue weighted by Gasteiger charge is -2.35. The third kappa shape index (κ3) is 3.80. The molecular weight excluding hydrogens is 342 g/mol. The van der Waals surface area contributed by atoms with Gasteiger partial charge in [0.25, 0.3) is 0 Å². The van der Waals surface area contributed by atoms with Crippen LogP contribution >= 0.6 is 0 Å². The topological polar surface area (TPSA) is 77.7 Å². The van der Waals surface area contributed by atoms with Crippen LogP contribution in [0.15, 0.2) is 18.2 Å². The quantitative estimate of drug-likeness (QED) is 0.892. The average molecular weight is 371 g/mol. The van der Waals surface area contributed by atoms with E-state index in [4.69, 9.17) is 20.2 Å². The zero-order chi connectivity index (χ0) is 19.8. The molecule has 0 radical (unpaired) electrons. The average Bonchev–Trinajstić information content (AvgIpc) is 2.65. The van der Waals surface area contributed by atoms with Crippen molar-refractivity contribution in [3.63, 3.8) is 0 Å². The van der Waals surface area contributed by atoms with Crippen molar-refractivity contribution in [2.24, 2.45) is 5.41 Å². The van der Waals surface area contributed by atoms with Gasteiger partial charge in [-0.05, 0) is 25.0 Å². The Kier molecular flexibility index (Phi) is 5.18. The molecule has 146 valence electrons. The summed E-state index contributed by atoms with van der Waals surface area (Å²) in [6.07, 6.45) is 1.75. The van der Waals surface area contributed by atoms with E-state index in [0.717, 1.165) is 42.5 Å². The number of amides is 1. The molecule has 2 N–H and O–H groups in total. The monoisotopic (exact) mass is 371 g/mol. The lowest BCUT2D eigenvalue weighted by Crippen LogP contribution is -2.43. The molecule has 1 aromatic carbocycles. The van der Waals surface area contributed by atoms with Crippen LogP contribution < -0.4 is 15.2 Å². The molecule has 1 aromatic heterocycles. The molecule has 2 aromatic rings. The van der Waals surface area contributed by atoms with Gasteiger partial charge in [0.2, 0.25) is 5.91 Å². The highest BCUT2D eigenvalue weighted by atomic mass is 16.5. The fourth-order valence-electron chi connectivity index (χ4n) is 3.69. The second-order valence-electron chi connectivity index (χ2n) is 8.18. The van der Waals surface area contributed by atoms with Crippen molar-refractivity contribution >= 4 is 22.5 Å². The van der Waals surface area contributed by atoms with Crippen LogP contribution in [0.3, 0.4) is 0 Å². The maximum absolute atomic E-state index is 12.5. The number of fused-ring (bicyclic) bond motifs is 1. The summed E-state index contributed by atoms with van der Waals surface area (Å²) in [7, 11) is 3.23. The molecule has 2 heterocycles. The van der Waals surface area contributed by atoms with Gasteiger partial charge in [-0.2, -0.15) is 0 Å². The summed E-state index contributed by atoms with van der Waals surface area (Å²) in [6.45, 7) is 7.38. The Morgan fingerprint density at radius 2 is 1.70 bits per heavy atom. The zero-order valence-electron chi connectivity index (χ0n) is 16.8. The molecule has 0 saturated carbocycles. The molecule has 0 aliphatic carbocycles. The minimum atomic E-state index is -0.345. The SMILES string of the molecule is COc1cc2cc(N)c(C3CCN(C(=O)C(C)(C)C)CC3)nc2cc1OC. The number of carbonyl (C=O) groups excluding carboxylic acids is 1. The number of rotatable bonds is 3. The summed E-state index contributed by atoms with van der Waals surface area (Å²) in [5.41, 5.74) is 8.43. The van der Waals surface area contributed by atoms with Crippen LogP contribution in [0.1, 0.15) is 45.2 Å². The Morgan fingerprint density at radius 3 is 2.26 bits per heavy atom. The van der Waals surface area contributed by atoms with Crippen LogP contribution in [-0.2, 0) is 4.79 Å². The number of hydrogen-bond donors (Lipinski definition) is 1. The van der Waals surface area contributed by atoms with Gasteiger partial charge in [0.15, 0.2) is 11.5 Å². The molecule has 0 atom stereocenters. The van der Waals surface area contributed by atoms with Gasteiger partial charge >= 0.3 is 0 Å². The highest BCUT2D eigenvalue weighted by molar-refractivity contribution is 5.86. The Balaban J connectivity index is 1.85. The van der Waals surface area contributed by atoms with E-state index >= 15 is 0 Å². The van der Waals surface area contributed by atoms with Crippen LogP contribution in [0.25, 0.3) is 10.9 Å². The van der Waals surface area contributed by atoms with Gasteiger partial charge in [0, 0.05) is 35.9 Å². The molecular formula is C21H29N3O3. The molecule has 3 rings (SSSR count). The van der Waals surface area contributed by atoms with E-state index in [1.165, 1.54) is 0 Å². The molecule has 27 heavy (non-hydrogen) atoms. The Bertz CT molecular complexity index is 850. The third-order valence-corrected chi connectivity index (χ3v) is 5.19. The van der Waals surface area contributed by atoms with E-state index < -0.39 is 0 Å². The Morgan fingerprint density at radius 1 is 1.11 bits per heavy atom. The van der Waals surface area contributed by atoms with E-state index in [1.54, 1.807) is 14.2 Å². The molecule has 1 aliphatic heterocycles. The maximum atomic E-state index is 12.5. The number of likely N-dealkylation sites (tertiary alicyclic amines) is 1. The van der Waals surface area contributed by atoms with Gasteiger partial charge < -0.3 is 20.1 Å². The van der Waals surface area contributed by atoms with Gasteiger partial charge in [0.05, 0.1) is 31.1 Å². The maximum Gasteiger partial charge on any atom is 0.227 e. The second-order valence-corrected chi connectivity index (χ2v) is 8.18. The molecule has 0 bridgehead atoms. The highest BCUT2D eigenvalue weighted by Crippen LogP contribution is 2.36. The number of methoxy groups -OCH3 is 2. The molecule has 1 saturated heterocycles. The van der Waals surface area contributed by atoms with Crippen molar-refractivity contribution in [1.82, 2.24) is 9.88 Å². The van der Waals surface area contributed by atoms with Crippen molar-refractivity contribution in [3.8, 4) is 11.5 Å². The fraction of sp³-hybridized carbons (Fsp3) is 0.524.